The summed E-state index contributed by atoms with van der Waals surface area (Å²) in [5.74, 6) is 1.18. The molecule has 2 nitrogen and oxygen atoms in total. The Morgan fingerprint density at radius 1 is 1.12 bits per heavy atom. The van der Waals surface area contributed by atoms with Crippen molar-refractivity contribution < 1.29 is 22.5 Å². The van der Waals surface area contributed by atoms with E-state index in [0.717, 1.165) is 24.1 Å². The Morgan fingerprint density at radius 2 is 1.79 bits per heavy atom. The number of halogens is 3. The summed E-state index contributed by atoms with van der Waals surface area (Å²) in [5, 5.41) is 0. The molecule has 1 aromatic rings. The average Bonchev–Trinajstić information content (AvgIpc) is 2.81. The topological polar surface area (TPSA) is 18.5 Å². The molecule has 2 bridgehead atoms. The Kier molecular flexibility index (Phi) is 3.44. The lowest BCUT2D eigenvalue weighted by Crippen LogP contribution is -2.65. The van der Waals surface area contributed by atoms with E-state index in [1.54, 1.807) is 0 Å². The Hall–Kier alpha value is -1.01. The minimum Gasteiger partial charge on any atom is -0.405 e. The van der Waals surface area contributed by atoms with Crippen molar-refractivity contribution in [2.75, 3.05) is 0 Å². The maximum Gasteiger partial charge on any atom is 0.462 e. The minimum absolute atomic E-state index is 0.105. The molecule has 4 fully saturated rings. The molecule has 3 unspecified atom stereocenters. The van der Waals surface area contributed by atoms with E-state index in [1.165, 1.54) is 18.6 Å². The number of hydrogen-bond donors (Lipinski definition) is 0. The van der Waals surface area contributed by atoms with Gasteiger partial charge in [0.1, 0.15) is 0 Å². The summed E-state index contributed by atoms with van der Waals surface area (Å²) in [7, 11) is -0.369. The molecule has 1 saturated heterocycles. The molecule has 130 valence electrons. The first-order valence-corrected chi connectivity index (χ1v) is 8.60. The lowest BCUT2D eigenvalue weighted by molar-refractivity contribution is -0.199. The van der Waals surface area contributed by atoms with Crippen LogP contribution < -0.4 is 0 Å². The lowest BCUT2D eigenvalue weighted by Gasteiger charge is -2.64. The van der Waals surface area contributed by atoms with Crippen LogP contribution in [0.25, 0.3) is 0 Å². The van der Waals surface area contributed by atoms with Crippen LogP contribution in [0, 0.1) is 17.3 Å². The Bertz CT molecular complexity index is 643. The zero-order chi connectivity index (χ0) is 17.3. The predicted octanol–water partition coefficient (Wildman–Crippen LogP) is 4.52. The fraction of sp³-hybridized carbons (Fsp3) is 0.667. The zero-order valence-corrected chi connectivity index (χ0v) is 14.2. The van der Waals surface area contributed by atoms with E-state index < -0.39 is 11.7 Å². The molecule has 0 amide bonds. The lowest BCUT2D eigenvalue weighted by atomic mass is 9.43. The van der Waals surface area contributed by atoms with Gasteiger partial charge in [-0.1, -0.05) is 26.0 Å². The smallest absolute Gasteiger partial charge is 0.405 e. The summed E-state index contributed by atoms with van der Waals surface area (Å²) < 4.78 is 50.4. The maximum atomic E-state index is 12.6. The maximum absolute atomic E-state index is 12.6. The van der Waals surface area contributed by atoms with Gasteiger partial charge in [-0.3, -0.25) is 0 Å². The third-order valence-corrected chi connectivity index (χ3v) is 6.69. The summed E-state index contributed by atoms with van der Waals surface area (Å²) in [6.07, 6.45) is -1.50. The predicted molar refractivity (Wildman–Crippen MR) is 85.3 cm³/mol. The van der Waals surface area contributed by atoms with Crippen molar-refractivity contribution in [2.45, 2.75) is 57.8 Å². The molecule has 3 aliphatic carbocycles. The molecular formula is C18H22BF3O2. The molecule has 4 atom stereocenters. The van der Waals surface area contributed by atoms with Crippen molar-refractivity contribution in [1.82, 2.24) is 0 Å². The van der Waals surface area contributed by atoms with Crippen LogP contribution in [0.3, 0.4) is 0 Å². The van der Waals surface area contributed by atoms with E-state index in [2.05, 4.69) is 20.8 Å². The van der Waals surface area contributed by atoms with E-state index in [4.69, 9.17) is 9.31 Å². The second-order valence-electron chi connectivity index (χ2n) is 8.30. The summed E-state index contributed by atoms with van der Waals surface area (Å²) >= 11 is 0. The fourth-order valence-corrected chi connectivity index (χ4v) is 5.06. The molecule has 0 radical (unpaired) electrons. The highest BCUT2D eigenvalue weighted by Crippen LogP contribution is 2.65. The van der Waals surface area contributed by atoms with Crippen LogP contribution in [-0.2, 0) is 21.8 Å². The van der Waals surface area contributed by atoms with Crippen LogP contribution in [0.2, 0.25) is 0 Å². The molecular weight excluding hydrogens is 316 g/mol. The normalized spacial score (nSPS) is 37.1. The van der Waals surface area contributed by atoms with E-state index in [-0.39, 0.29) is 24.2 Å². The molecule has 0 spiro atoms. The molecule has 0 aromatic heterocycles. The van der Waals surface area contributed by atoms with E-state index in [9.17, 15) is 13.2 Å². The van der Waals surface area contributed by atoms with Gasteiger partial charge in [-0.05, 0) is 54.7 Å². The minimum atomic E-state index is -4.30. The SMILES string of the molecule is CC1(C)C2CC3OB(Cc4ccc(C(F)(F)F)cc4)O[C@@]3(C)C1C2. The number of hydrogen-bond acceptors (Lipinski definition) is 2. The largest absolute Gasteiger partial charge is 0.462 e. The summed E-state index contributed by atoms with van der Waals surface area (Å²) in [6.45, 7) is 6.76. The number of rotatable bonds is 2. The standard InChI is InChI=1S/C18H22BF3O2/c1-16(2)13-8-14(16)17(3)15(9-13)23-19(24-17)10-11-4-6-12(7-5-11)18(20,21)22/h4-7,13-15H,8-10H2,1-3H3/t13?,14?,15?,17-/m0/s1. The molecule has 1 aliphatic heterocycles. The van der Waals surface area contributed by atoms with Gasteiger partial charge in [0.05, 0.1) is 17.3 Å². The Labute approximate surface area is 140 Å². The third kappa shape index (κ3) is 2.33. The molecule has 4 aliphatic rings. The first kappa shape index (κ1) is 16.5. The van der Waals surface area contributed by atoms with Crippen molar-refractivity contribution in [1.29, 1.82) is 0 Å². The van der Waals surface area contributed by atoms with E-state index >= 15 is 0 Å². The highest BCUT2D eigenvalue weighted by atomic mass is 19.4. The van der Waals surface area contributed by atoms with Gasteiger partial charge in [0.25, 0.3) is 0 Å². The number of benzene rings is 1. The monoisotopic (exact) mass is 338 g/mol. The van der Waals surface area contributed by atoms with Crippen LogP contribution in [0.4, 0.5) is 13.2 Å². The highest BCUT2D eigenvalue weighted by molar-refractivity contribution is 6.44. The van der Waals surface area contributed by atoms with Crippen LogP contribution in [-0.4, -0.2) is 18.8 Å². The summed E-state index contributed by atoms with van der Waals surface area (Å²) in [4.78, 5) is 0. The average molecular weight is 338 g/mol. The van der Waals surface area contributed by atoms with Gasteiger partial charge in [0.2, 0.25) is 0 Å². The van der Waals surface area contributed by atoms with Gasteiger partial charge >= 0.3 is 13.3 Å². The van der Waals surface area contributed by atoms with Gasteiger partial charge in [0.15, 0.2) is 0 Å². The Balaban J connectivity index is 1.46. The fourth-order valence-electron chi connectivity index (χ4n) is 5.06. The van der Waals surface area contributed by atoms with Crippen LogP contribution in [0.15, 0.2) is 24.3 Å². The summed E-state index contributed by atoms with van der Waals surface area (Å²) in [5.41, 5.74) is 0.205. The van der Waals surface area contributed by atoms with Gasteiger partial charge in [-0.25, -0.2) is 0 Å². The highest BCUT2D eigenvalue weighted by Gasteiger charge is 2.67. The van der Waals surface area contributed by atoms with Crippen molar-refractivity contribution in [3.63, 3.8) is 0 Å². The Morgan fingerprint density at radius 3 is 2.38 bits per heavy atom. The molecule has 5 rings (SSSR count). The van der Waals surface area contributed by atoms with Gasteiger partial charge < -0.3 is 9.31 Å². The summed E-state index contributed by atoms with van der Waals surface area (Å²) in [6, 6.07) is 5.28. The van der Waals surface area contributed by atoms with Gasteiger partial charge in [-0.15, -0.1) is 0 Å². The number of alkyl halides is 3. The second-order valence-corrected chi connectivity index (χ2v) is 8.30. The van der Waals surface area contributed by atoms with Gasteiger partial charge in [-0.2, -0.15) is 13.2 Å². The van der Waals surface area contributed by atoms with Crippen molar-refractivity contribution in [3.05, 3.63) is 35.4 Å². The quantitative estimate of drug-likeness (QED) is 0.739. The van der Waals surface area contributed by atoms with Crippen LogP contribution in [0.5, 0.6) is 0 Å². The second kappa shape index (κ2) is 5.01. The molecule has 0 N–H and O–H groups in total. The molecule has 1 aromatic carbocycles. The molecule has 24 heavy (non-hydrogen) atoms. The molecule has 1 heterocycles. The molecule has 6 heteroatoms. The first-order valence-electron chi connectivity index (χ1n) is 8.60. The van der Waals surface area contributed by atoms with Crippen molar-refractivity contribution >= 4 is 7.12 Å². The molecule has 3 saturated carbocycles. The third-order valence-electron chi connectivity index (χ3n) is 6.69. The first-order chi connectivity index (χ1) is 11.1. The van der Waals surface area contributed by atoms with Crippen molar-refractivity contribution in [3.8, 4) is 0 Å². The van der Waals surface area contributed by atoms with Crippen LogP contribution in [0.1, 0.15) is 44.7 Å². The van der Waals surface area contributed by atoms with Crippen molar-refractivity contribution in [2.24, 2.45) is 17.3 Å². The zero-order valence-electron chi connectivity index (χ0n) is 14.2. The van der Waals surface area contributed by atoms with E-state index in [0.29, 0.717) is 18.2 Å². The van der Waals surface area contributed by atoms with E-state index in [1.807, 2.05) is 0 Å². The van der Waals surface area contributed by atoms with Crippen LogP contribution >= 0.6 is 0 Å². The van der Waals surface area contributed by atoms with Gasteiger partial charge in [0, 0.05) is 6.32 Å².